The highest BCUT2D eigenvalue weighted by atomic mass is 32.1. The SMILES string of the molecule is O=C(c1cccc(Oc2nc(Cc3ccc(F)cc3)ns2)c1)N1CCN(Cc2ccccc2)CC1. The van der Waals surface area contributed by atoms with Crippen molar-refractivity contribution in [3.8, 4) is 10.9 Å². The fourth-order valence-corrected chi connectivity index (χ4v) is 4.63. The van der Waals surface area contributed by atoms with Crippen LogP contribution in [0.25, 0.3) is 0 Å². The third-order valence-corrected chi connectivity index (χ3v) is 6.55. The third-order valence-electron chi connectivity index (χ3n) is 5.92. The zero-order valence-corrected chi connectivity index (χ0v) is 20.0. The highest BCUT2D eigenvalue weighted by Crippen LogP contribution is 2.25. The second-order valence-corrected chi connectivity index (χ2v) is 9.18. The van der Waals surface area contributed by atoms with Crippen LogP contribution in [0.15, 0.2) is 78.9 Å². The van der Waals surface area contributed by atoms with E-state index in [1.807, 2.05) is 23.1 Å². The second-order valence-electron chi connectivity index (χ2n) is 8.46. The van der Waals surface area contributed by atoms with E-state index in [-0.39, 0.29) is 11.7 Å². The number of aromatic nitrogens is 2. The molecule has 0 atom stereocenters. The van der Waals surface area contributed by atoms with Crippen molar-refractivity contribution in [2.24, 2.45) is 0 Å². The van der Waals surface area contributed by atoms with Crippen LogP contribution in [0.1, 0.15) is 27.3 Å². The Bertz CT molecular complexity index is 1270. The van der Waals surface area contributed by atoms with Crippen LogP contribution in [0.5, 0.6) is 10.9 Å². The molecule has 6 nitrogen and oxygen atoms in total. The minimum Gasteiger partial charge on any atom is -0.430 e. The average Bonchev–Trinajstić information content (AvgIpc) is 3.33. The summed E-state index contributed by atoms with van der Waals surface area (Å²) in [5.74, 6) is 0.886. The van der Waals surface area contributed by atoms with E-state index in [0.717, 1.165) is 36.7 Å². The van der Waals surface area contributed by atoms with Gasteiger partial charge >= 0.3 is 0 Å². The van der Waals surface area contributed by atoms with Crippen molar-refractivity contribution in [3.63, 3.8) is 0 Å². The van der Waals surface area contributed by atoms with Gasteiger partial charge in [0.15, 0.2) is 5.82 Å². The summed E-state index contributed by atoms with van der Waals surface area (Å²) in [4.78, 5) is 21.8. The van der Waals surface area contributed by atoms with Crippen molar-refractivity contribution in [2.45, 2.75) is 13.0 Å². The van der Waals surface area contributed by atoms with E-state index >= 15 is 0 Å². The van der Waals surface area contributed by atoms with Crippen LogP contribution < -0.4 is 4.74 Å². The number of halogens is 1. The van der Waals surface area contributed by atoms with E-state index in [2.05, 4.69) is 38.5 Å². The molecular weight excluding hydrogens is 463 g/mol. The number of benzene rings is 3. The first-order valence-corrected chi connectivity index (χ1v) is 12.3. The van der Waals surface area contributed by atoms with Gasteiger partial charge in [0, 0.05) is 56.2 Å². The van der Waals surface area contributed by atoms with E-state index in [0.29, 0.717) is 41.8 Å². The van der Waals surface area contributed by atoms with Crippen LogP contribution >= 0.6 is 11.5 Å². The molecule has 35 heavy (non-hydrogen) atoms. The lowest BCUT2D eigenvalue weighted by molar-refractivity contribution is 0.0628. The van der Waals surface area contributed by atoms with Crippen molar-refractivity contribution in [2.75, 3.05) is 26.2 Å². The Balaban J connectivity index is 1.17. The van der Waals surface area contributed by atoms with E-state index in [4.69, 9.17) is 4.74 Å². The molecule has 4 aromatic rings. The number of rotatable bonds is 7. The molecule has 178 valence electrons. The molecule has 0 unspecified atom stereocenters. The molecule has 1 aliphatic rings. The molecule has 1 aromatic heterocycles. The molecule has 0 bridgehead atoms. The smallest absolute Gasteiger partial charge is 0.298 e. The summed E-state index contributed by atoms with van der Waals surface area (Å²) in [6.07, 6.45) is 0.495. The lowest BCUT2D eigenvalue weighted by Crippen LogP contribution is -2.48. The first-order chi connectivity index (χ1) is 17.1. The standard InChI is InChI=1S/C27H25FN4O2S/c28-23-11-9-20(10-12-23)17-25-29-27(35-30-25)34-24-8-4-7-22(18-24)26(33)32-15-13-31(14-16-32)19-21-5-2-1-3-6-21/h1-12,18H,13-17,19H2. The summed E-state index contributed by atoms with van der Waals surface area (Å²) in [5, 5.41) is 0.404. The summed E-state index contributed by atoms with van der Waals surface area (Å²) < 4.78 is 23.3. The Morgan fingerprint density at radius 1 is 0.914 bits per heavy atom. The van der Waals surface area contributed by atoms with Crippen molar-refractivity contribution >= 4 is 17.4 Å². The minimum atomic E-state index is -0.271. The van der Waals surface area contributed by atoms with Gasteiger partial charge in [0.25, 0.3) is 11.1 Å². The van der Waals surface area contributed by atoms with Crippen LogP contribution in [0, 0.1) is 5.82 Å². The number of carbonyl (C=O) groups is 1. The molecule has 1 saturated heterocycles. The van der Waals surface area contributed by atoms with Gasteiger partial charge in [-0.1, -0.05) is 48.5 Å². The molecule has 1 aliphatic heterocycles. The molecule has 0 saturated carbocycles. The van der Waals surface area contributed by atoms with Gasteiger partial charge in [0.2, 0.25) is 0 Å². The maximum atomic E-state index is 13.1. The Morgan fingerprint density at radius 3 is 2.46 bits per heavy atom. The van der Waals surface area contributed by atoms with Gasteiger partial charge in [-0.2, -0.15) is 9.36 Å². The third kappa shape index (κ3) is 6.09. The molecule has 8 heteroatoms. The Labute approximate surface area is 207 Å². The first kappa shape index (κ1) is 23.1. The quantitative estimate of drug-likeness (QED) is 0.366. The zero-order chi connectivity index (χ0) is 24.0. The summed E-state index contributed by atoms with van der Waals surface area (Å²) in [6.45, 7) is 3.98. The second kappa shape index (κ2) is 10.8. The van der Waals surface area contributed by atoms with Crippen LogP contribution in [0.2, 0.25) is 0 Å². The maximum absolute atomic E-state index is 13.1. The minimum absolute atomic E-state index is 0.00377. The van der Waals surface area contributed by atoms with Crippen molar-refractivity contribution in [1.29, 1.82) is 0 Å². The van der Waals surface area contributed by atoms with Gasteiger partial charge < -0.3 is 9.64 Å². The molecule has 0 aliphatic carbocycles. The number of carbonyl (C=O) groups excluding carboxylic acids is 1. The summed E-state index contributed by atoms with van der Waals surface area (Å²) in [5.41, 5.74) is 2.80. The van der Waals surface area contributed by atoms with Crippen LogP contribution in [-0.2, 0) is 13.0 Å². The van der Waals surface area contributed by atoms with Crippen LogP contribution in [-0.4, -0.2) is 51.2 Å². The fraction of sp³-hybridized carbons (Fsp3) is 0.222. The molecule has 0 N–H and O–H groups in total. The molecule has 5 rings (SSSR count). The van der Waals surface area contributed by atoms with E-state index in [9.17, 15) is 9.18 Å². The van der Waals surface area contributed by atoms with E-state index in [1.165, 1.54) is 17.7 Å². The molecule has 2 heterocycles. The lowest BCUT2D eigenvalue weighted by atomic mass is 10.1. The maximum Gasteiger partial charge on any atom is 0.298 e. The fourth-order valence-electron chi connectivity index (χ4n) is 4.06. The first-order valence-electron chi connectivity index (χ1n) is 11.5. The van der Waals surface area contributed by atoms with Gasteiger partial charge in [0.1, 0.15) is 11.6 Å². The molecule has 0 radical (unpaired) electrons. The number of hydrogen-bond acceptors (Lipinski definition) is 6. The number of amides is 1. The molecule has 3 aromatic carbocycles. The Hall–Kier alpha value is -3.62. The number of hydrogen-bond donors (Lipinski definition) is 0. The summed E-state index contributed by atoms with van der Waals surface area (Å²) in [7, 11) is 0. The summed E-state index contributed by atoms with van der Waals surface area (Å²) >= 11 is 1.15. The highest BCUT2D eigenvalue weighted by molar-refractivity contribution is 7.07. The molecule has 0 spiro atoms. The number of piperazine rings is 1. The topological polar surface area (TPSA) is 58.6 Å². The predicted octanol–water partition coefficient (Wildman–Crippen LogP) is 5.02. The average molecular weight is 489 g/mol. The number of nitrogens with zero attached hydrogens (tertiary/aromatic N) is 4. The normalized spacial score (nSPS) is 14.1. The number of ether oxygens (including phenoxy) is 1. The van der Waals surface area contributed by atoms with E-state index in [1.54, 1.807) is 24.3 Å². The van der Waals surface area contributed by atoms with Crippen molar-refractivity contribution in [3.05, 3.63) is 107 Å². The van der Waals surface area contributed by atoms with Gasteiger partial charge in [-0.15, -0.1) is 0 Å². The van der Waals surface area contributed by atoms with Gasteiger partial charge in [-0.05, 0) is 41.5 Å². The largest absolute Gasteiger partial charge is 0.430 e. The molecule has 1 fully saturated rings. The van der Waals surface area contributed by atoms with Gasteiger partial charge in [-0.25, -0.2) is 4.39 Å². The Kier molecular flexibility index (Phi) is 7.11. The van der Waals surface area contributed by atoms with Crippen LogP contribution in [0.3, 0.4) is 0 Å². The van der Waals surface area contributed by atoms with Crippen LogP contribution in [0.4, 0.5) is 4.39 Å². The van der Waals surface area contributed by atoms with Crippen molar-refractivity contribution in [1.82, 2.24) is 19.2 Å². The van der Waals surface area contributed by atoms with Crippen molar-refractivity contribution < 1.29 is 13.9 Å². The van der Waals surface area contributed by atoms with E-state index < -0.39 is 0 Å². The predicted molar refractivity (Wildman–Crippen MR) is 133 cm³/mol. The highest BCUT2D eigenvalue weighted by Gasteiger charge is 2.22. The lowest BCUT2D eigenvalue weighted by Gasteiger charge is -2.34. The molecular formula is C27H25FN4O2S. The summed E-state index contributed by atoms with van der Waals surface area (Å²) in [6, 6.07) is 23.8. The zero-order valence-electron chi connectivity index (χ0n) is 19.1. The van der Waals surface area contributed by atoms with Gasteiger partial charge in [-0.3, -0.25) is 9.69 Å². The molecule has 1 amide bonds. The monoisotopic (exact) mass is 488 g/mol. The van der Waals surface area contributed by atoms with Gasteiger partial charge in [0.05, 0.1) is 0 Å². The Morgan fingerprint density at radius 2 is 1.69 bits per heavy atom.